The van der Waals surface area contributed by atoms with Crippen molar-refractivity contribution in [3.63, 3.8) is 0 Å². The van der Waals surface area contributed by atoms with Gasteiger partial charge >= 0.3 is 0 Å². The van der Waals surface area contributed by atoms with Crippen LogP contribution in [0.5, 0.6) is 0 Å². The molecule has 0 saturated carbocycles. The fourth-order valence-electron chi connectivity index (χ4n) is 3.60. The first-order valence-corrected chi connectivity index (χ1v) is 12.8. The van der Waals surface area contributed by atoms with Crippen molar-refractivity contribution in [2.75, 3.05) is 11.4 Å². The van der Waals surface area contributed by atoms with E-state index < -0.39 is 27.9 Å². The fraction of sp³-hybridized carbons (Fsp3) is 0.182. The van der Waals surface area contributed by atoms with Crippen molar-refractivity contribution in [3.05, 3.63) is 81.7 Å². The second-order valence-corrected chi connectivity index (χ2v) is 11.1. The molecule has 0 N–H and O–H groups in total. The predicted molar refractivity (Wildman–Crippen MR) is 126 cm³/mol. The highest BCUT2D eigenvalue weighted by Gasteiger charge is 2.47. The van der Waals surface area contributed by atoms with Gasteiger partial charge in [0.1, 0.15) is 10.3 Å². The van der Waals surface area contributed by atoms with Crippen molar-refractivity contribution in [1.82, 2.24) is 4.31 Å². The Morgan fingerprint density at radius 2 is 1.75 bits per heavy atom. The third kappa shape index (κ3) is 4.60. The molecule has 2 aromatic carbocycles. The van der Waals surface area contributed by atoms with Crippen molar-refractivity contribution < 1.29 is 18.0 Å². The maximum atomic E-state index is 13.4. The SMILES string of the molecule is O=C1CC(N(CCc2cccc(Cl)c2)S(=O)(=O)c2cccs2)C(=O)N1c1ccc(Cl)cc1. The van der Waals surface area contributed by atoms with Gasteiger partial charge in [-0.25, -0.2) is 13.3 Å². The number of amides is 2. The number of rotatable bonds is 7. The number of halogens is 2. The molecule has 1 saturated heterocycles. The van der Waals surface area contributed by atoms with Crippen molar-refractivity contribution in [1.29, 1.82) is 0 Å². The lowest BCUT2D eigenvalue weighted by molar-refractivity contribution is -0.122. The van der Waals surface area contributed by atoms with Gasteiger partial charge in [0.2, 0.25) is 5.91 Å². The van der Waals surface area contributed by atoms with Gasteiger partial charge in [-0.1, -0.05) is 41.4 Å². The molecule has 1 unspecified atom stereocenters. The van der Waals surface area contributed by atoms with Crippen molar-refractivity contribution in [2.24, 2.45) is 0 Å². The van der Waals surface area contributed by atoms with Crippen LogP contribution in [0.4, 0.5) is 5.69 Å². The zero-order chi connectivity index (χ0) is 22.9. The first kappa shape index (κ1) is 22.9. The molecule has 32 heavy (non-hydrogen) atoms. The van der Waals surface area contributed by atoms with Crippen LogP contribution in [0, 0.1) is 0 Å². The maximum Gasteiger partial charge on any atom is 0.253 e. The number of imide groups is 1. The van der Waals surface area contributed by atoms with E-state index in [2.05, 4.69) is 0 Å². The molecule has 10 heteroatoms. The second-order valence-electron chi connectivity index (χ2n) is 7.19. The summed E-state index contributed by atoms with van der Waals surface area (Å²) in [6.45, 7) is 0.0265. The standard InChI is InChI=1S/C22H18Cl2N2O4S2/c23-16-6-8-18(9-7-16)26-20(27)14-19(22(26)28)25(32(29,30)21-5-2-12-31-21)11-10-15-3-1-4-17(24)13-15/h1-9,12-13,19H,10-11,14H2. The Kier molecular flexibility index (Phi) is 6.69. The molecule has 0 aliphatic carbocycles. The monoisotopic (exact) mass is 508 g/mol. The topological polar surface area (TPSA) is 74.8 Å². The average Bonchev–Trinajstić information content (AvgIpc) is 3.39. The Morgan fingerprint density at radius 3 is 2.41 bits per heavy atom. The van der Waals surface area contributed by atoms with E-state index in [1.165, 1.54) is 6.07 Å². The van der Waals surface area contributed by atoms with E-state index >= 15 is 0 Å². The number of anilines is 1. The smallest absolute Gasteiger partial charge is 0.253 e. The van der Waals surface area contributed by atoms with Gasteiger partial charge in [-0.05, 0) is 59.8 Å². The summed E-state index contributed by atoms with van der Waals surface area (Å²) in [5.74, 6) is -1.04. The van der Waals surface area contributed by atoms with E-state index in [9.17, 15) is 18.0 Å². The van der Waals surface area contributed by atoms with Crippen LogP contribution in [-0.2, 0) is 26.0 Å². The Balaban J connectivity index is 1.67. The molecule has 2 amide bonds. The largest absolute Gasteiger partial charge is 0.274 e. The van der Waals surface area contributed by atoms with Crippen LogP contribution < -0.4 is 4.90 Å². The van der Waals surface area contributed by atoms with Gasteiger partial charge in [0.05, 0.1) is 12.1 Å². The third-order valence-corrected chi connectivity index (χ3v) is 8.89. The number of benzene rings is 2. The lowest BCUT2D eigenvalue weighted by Gasteiger charge is -2.26. The molecule has 1 aliphatic rings. The summed E-state index contributed by atoms with van der Waals surface area (Å²) in [6.07, 6.45) is 0.103. The summed E-state index contributed by atoms with van der Waals surface area (Å²) in [7, 11) is -3.99. The predicted octanol–water partition coefficient (Wildman–Crippen LogP) is 4.62. The van der Waals surface area contributed by atoms with Crippen LogP contribution in [0.2, 0.25) is 10.0 Å². The lowest BCUT2D eigenvalue weighted by atomic mass is 10.1. The average molecular weight is 509 g/mol. The highest BCUT2D eigenvalue weighted by atomic mass is 35.5. The molecule has 1 aromatic heterocycles. The van der Waals surface area contributed by atoms with Gasteiger partial charge < -0.3 is 0 Å². The molecule has 3 aromatic rings. The van der Waals surface area contributed by atoms with Crippen LogP contribution in [0.1, 0.15) is 12.0 Å². The van der Waals surface area contributed by atoms with Crippen LogP contribution in [0.25, 0.3) is 0 Å². The molecule has 4 rings (SSSR count). The van der Waals surface area contributed by atoms with E-state index in [1.807, 2.05) is 6.07 Å². The molecule has 0 spiro atoms. The van der Waals surface area contributed by atoms with Gasteiger partial charge in [-0.2, -0.15) is 4.31 Å². The molecular formula is C22H18Cl2N2O4S2. The minimum absolute atomic E-state index is 0.0265. The lowest BCUT2D eigenvalue weighted by Crippen LogP contribution is -2.46. The summed E-state index contributed by atoms with van der Waals surface area (Å²) in [6, 6.07) is 15.4. The second kappa shape index (κ2) is 9.33. The van der Waals surface area contributed by atoms with Crippen molar-refractivity contribution in [3.8, 4) is 0 Å². The number of nitrogens with zero attached hydrogens (tertiary/aromatic N) is 2. The van der Waals surface area contributed by atoms with Gasteiger partial charge in [0.15, 0.2) is 0 Å². The molecule has 2 heterocycles. The Bertz CT molecular complexity index is 1250. The van der Waals surface area contributed by atoms with Crippen molar-refractivity contribution >= 4 is 62.1 Å². The zero-order valence-electron chi connectivity index (χ0n) is 16.6. The van der Waals surface area contributed by atoms with Crippen LogP contribution in [-0.4, -0.2) is 37.1 Å². The maximum absolute atomic E-state index is 13.4. The molecule has 1 fully saturated rings. The van der Waals surface area contributed by atoms with Gasteiger partial charge in [-0.3, -0.25) is 9.59 Å². The summed E-state index contributed by atoms with van der Waals surface area (Å²) >= 11 is 13.0. The molecule has 166 valence electrons. The number of carbonyl (C=O) groups is 2. The summed E-state index contributed by atoms with van der Waals surface area (Å²) < 4.78 is 28.1. The number of hydrogen-bond acceptors (Lipinski definition) is 5. The number of hydrogen-bond donors (Lipinski definition) is 0. The minimum Gasteiger partial charge on any atom is -0.274 e. The van der Waals surface area contributed by atoms with E-state index in [-0.39, 0.29) is 17.2 Å². The number of carbonyl (C=O) groups excluding carboxylic acids is 2. The quantitative estimate of drug-likeness (QED) is 0.436. The first-order chi connectivity index (χ1) is 15.3. The van der Waals surface area contributed by atoms with Gasteiger partial charge in [0.25, 0.3) is 15.9 Å². The van der Waals surface area contributed by atoms with E-state index in [4.69, 9.17) is 23.2 Å². The third-order valence-electron chi connectivity index (χ3n) is 5.12. The zero-order valence-corrected chi connectivity index (χ0v) is 19.8. The van der Waals surface area contributed by atoms with Gasteiger partial charge in [-0.15, -0.1) is 11.3 Å². The normalized spacial score (nSPS) is 16.8. The van der Waals surface area contributed by atoms with Crippen LogP contribution in [0.3, 0.4) is 0 Å². The van der Waals surface area contributed by atoms with E-state index in [0.29, 0.717) is 22.2 Å². The molecule has 1 aliphatic heterocycles. The molecule has 6 nitrogen and oxygen atoms in total. The minimum atomic E-state index is -3.99. The number of thiophene rings is 1. The molecule has 0 bridgehead atoms. The van der Waals surface area contributed by atoms with E-state index in [1.54, 1.807) is 53.9 Å². The Hall–Kier alpha value is -2.23. The molecule has 1 atom stereocenters. The van der Waals surface area contributed by atoms with E-state index in [0.717, 1.165) is 26.1 Å². The molecule has 0 radical (unpaired) electrons. The Labute approximate surface area is 200 Å². The summed E-state index contributed by atoms with van der Waals surface area (Å²) in [4.78, 5) is 27.1. The van der Waals surface area contributed by atoms with Gasteiger partial charge in [0, 0.05) is 16.6 Å². The van der Waals surface area contributed by atoms with Crippen LogP contribution >= 0.6 is 34.5 Å². The summed E-state index contributed by atoms with van der Waals surface area (Å²) in [5.41, 5.74) is 1.19. The first-order valence-electron chi connectivity index (χ1n) is 9.69. The summed E-state index contributed by atoms with van der Waals surface area (Å²) in [5, 5.41) is 2.66. The highest BCUT2D eigenvalue weighted by Crippen LogP contribution is 2.31. The van der Waals surface area contributed by atoms with Crippen LogP contribution in [0.15, 0.2) is 70.3 Å². The van der Waals surface area contributed by atoms with Crippen molar-refractivity contribution in [2.45, 2.75) is 23.1 Å². The number of sulfonamides is 1. The fourth-order valence-corrected chi connectivity index (χ4v) is 6.64. The highest BCUT2D eigenvalue weighted by molar-refractivity contribution is 7.91. The Morgan fingerprint density at radius 1 is 1.00 bits per heavy atom. The molecular weight excluding hydrogens is 491 g/mol.